The topological polar surface area (TPSA) is 67.8 Å². The molecule has 0 aliphatic heterocycles. The van der Waals surface area contributed by atoms with Gasteiger partial charge in [0, 0.05) is 36.3 Å². The molecule has 0 unspecified atom stereocenters. The van der Waals surface area contributed by atoms with Crippen molar-refractivity contribution in [2.45, 2.75) is 12.8 Å². The average molecular weight is 425 g/mol. The van der Waals surface area contributed by atoms with Crippen molar-refractivity contribution >= 4 is 38.4 Å². The lowest BCUT2D eigenvalue weighted by Crippen LogP contribution is -2.25. The predicted octanol–water partition coefficient (Wildman–Crippen LogP) is 5.27. The number of para-hydroxylation sites is 2. The summed E-state index contributed by atoms with van der Waals surface area (Å²) in [5.41, 5.74) is 4.09. The Kier molecular flexibility index (Phi) is 5.37. The summed E-state index contributed by atoms with van der Waals surface area (Å²) in [6.45, 7) is 0.591. The van der Waals surface area contributed by atoms with Crippen molar-refractivity contribution in [3.63, 3.8) is 0 Å². The van der Waals surface area contributed by atoms with Crippen LogP contribution in [0.5, 0.6) is 0 Å². The van der Waals surface area contributed by atoms with Crippen molar-refractivity contribution in [2.75, 3.05) is 6.54 Å². The van der Waals surface area contributed by atoms with E-state index in [1.807, 2.05) is 60.7 Å². The van der Waals surface area contributed by atoms with E-state index in [1.54, 1.807) is 23.7 Å². The third-order valence-electron chi connectivity index (χ3n) is 5.11. The molecule has 1 amide bonds. The summed E-state index contributed by atoms with van der Waals surface area (Å²) in [5, 5.41) is 5.02. The van der Waals surface area contributed by atoms with Crippen LogP contribution < -0.4 is 5.32 Å². The molecule has 5 aromatic rings. The van der Waals surface area contributed by atoms with E-state index in [1.165, 1.54) is 4.70 Å². The lowest BCUT2D eigenvalue weighted by Gasteiger charge is -2.10. The summed E-state index contributed by atoms with van der Waals surface area (Å²) in [5.74, 6) is -0.0898. The number of aryl methyl sites for hydroxylation is 1. The largest absolute Gasteiger partial charge is 0.352 e. The van der Waals surface area contributed by atoms with Gasteiger partial charge in [-0.3, -0.25) is 9.78 Å². The van der Waals surface area contributed by atoms with Crippen LogP contribution in [-0.4, -0.2) is 27.4 Å². The molecule has 31 heavy (non-hydrogen) atoms. The summed E-state index contributed by atoms with van der Waals surface area (Å²) in [6, 6.07) is 21.6. The number of pyridine rings is 2. The zero-order valence-electron chi connectivity index (χ0n) is 16.8. The predicted molar refractivity (Wildman–Crippen MR) is 125 cm³/mol. The molecule has 0 aliphatic carbocycles. The molecule has 152 valence electrons. The van der Waals surface area contributed by atoms with Crippen LogP contribution in [0.2, 0.25) is 0 Å². The third-order valence-corrected chi connectivity index (χ3v) is 6.21. The van der Waals surface area contributed by atoms with Gasteiger partial charge in [0.05, 0.1) is 32.0 Å². The minimum atomic E-state index is -0.0898. The van der Waals surface area contributed by atoms with Gasteiger partial charge in [-0.25, -0.2) is 9.97 Å². The molecule has 0 spiro atoms. The molecule has 0 saturated heterocycles. The monoisotopic (exact) mass is 424 g/mol. The molecule has 0 aliphatic rings. The van der Waals surface area contributed by atoms with Crippen molar-refractivity contribution in [1.29, 1.82) is 0 Å². The number of nitrogens with zero attached hydrogens (tertiary/aromatic N) is 3. The third kappa shape index (κ3) is 4.15. The van der Waals surface area contributed by atoms with E-state index >= 15 is 0 Å². The van der Waals surface area contributed by atoms with Crippen molar-refractivity contribution in [1.82, 2.24) is 20.3 Å². The van der Waals surface area contributed by atoms with Gasteiger partial charge in [0.1, 0.15) is 0 Å². The first-order valence-electron chi connectivity index (χ1n) is 10.2. The second kappa shape index (κ2) is 8.62. The Bertz CT molecular complexity index is 1330. The zero-order chi connectivity index (χ0) is 21.0. The maximum absolute atomic E-state index is 13.0. The van der Waals surface area contributed by atoms with Gasteiger partial charge in [-0.15, -0.1) is 11.3 Å². The second-order valence-electron chi connectivity index (χ2n) is 7.25. The number of hydrogen-bond acceptors (Lipinski definition) is 5. The molecule has 5 nitrogen and oxygen atoms in total. The van der Waals surface area contributed by atoms with Gasteiger partial charge in [-0.2, -0.15) is 0 Å². The van der Waals surface area contributed by atoms with E-state index in [2.05, 4.69) is 21.4 Å². The molecule has 0 saturated carbocycles. The number of amides is 1. The summed E-state index contributed by atoms with van der Waals surface area (Å²) >= 11 is 1.72. The number of nitrogens with one attached hydrogen (secondary N) is 1. The number of thiazole rings is 1. The van der Waals surface area contributed by atoms with E-state index in [9.17, 15) is 4.79 Å². The Balaban J connectivity index is 1.31. The lowest BCUT2D eigenvalue weighted by atomic mass is 10.0. The van der Waals surface area contributed by atoms with E-state index in [-0.39, 0.29) is 5.91 Å². The minimum absolute atomic E-state index is 0.0898. The highest BCUT2D eigenvalue weighted by atomic mass is 32.1. The van der Waals surface area contributed by atoms with Gasteiger partial charge in [0.2, 0.25) is 0 Å². The summed E-state index contributed by atoms with van der Waals surface area (Å²) < 4.78 is 1.20. The first-order valence-corrected chi connectivity index (χ1v) is 11.0. The number of carbonyl (C=O) groups excluding carboxylic acids is 1. The van der Waals surface area contributed by atoms with Crippen molar-refractivity contribution in [3.05, 3.63) is 89.7 Å². The molecule has 1 N–H and O–H groups in total. The molecule has 0 atom stereocenters. The van der Waals surface area contributed by atoms with E-state index in [0.29, 0.717) is 12.1 Å². The van der Waals surface area contributed by atoms with Gasteiger partial charge < -0.3 is 5.32 Å². The van der Waals surface area contributed by atoms with Gasteiger partial charge in [0.15, 0.2) is 0 Å². The molecule has 0 bridgehead atoms. The Labute approximate surface area is 183 Å². The minimum Gasteiger partial charge on any atom is -0.352 e. The van der Waals surface area contributed by atoms with Crippen LogP contribution in [0.25, 0.3) is 32.4 Å². The van der Waals surface area contributed by atoms with E-state index in [0.717, 1.165) is 45.5 Å². The van der Waals surface area contributed by atoms with Crippen molar-refractivity contribution < 1.29 is 4.79 Å². The first-order chi connectivity index (χ1) is 15.3. The Morgan fingerprint density at radius 1 is 0.935 bits per heavy atom. The Morgan fingerprint density at radius 2 is 1.77 bits per heavy atom. The van der Waals surface area contributed by atoms with Crippen LogP contribution >= 0.6 is 11.3 Å². The number of hydrogen-bond donors (Lipinski definition) is 1. The molecule has 3 heterocycles. The number of benzene rings is 2. The van der Waals surface area contributed by atoms with Crippen molar-refractivity contribution in [3.8, 4) is 11.3 Å². The number of fused-ring (bicyclic) bond motifs is 2. The van der Waals surface area contributed by atoms with Crippen LogP contribution in [0.4, 0.5) is 0 Å². The highest BCUT2D eigenvalue weighted by Crippen LogP contribution is 2.25. The SMILES string of the molecule is O=C(NCCCc1nc2ccccc2s1)c1cc(-c2cccnc2)nc2ccccc12. The van der Waals surface area contributed by atoms with Crippen LogP contribution in [0.15, 0.2) is 79.1 Å². The summed E-state index contributed by atoms with van der Waals surface area (Å²) in [7, 11) is 0. The number of aromatic nitrogens is 3. The molecule has 0 fully saturated rings. The molecule has 2 aromatic carbocycles. The number of rotatable bonds is 6. The van der Waals surface area contributed by atoms with Crippen LogP contribution in [-0.2, 0) is 6.42 Å². The maximum atomic E-state index is 13.0. The molecule has 3 aromatic heterocycles. The highest BCUT2D eigenvalue weighted by molar-refractivity contribution is 7.18. The van der Waals surface area contributed by atoms with E-state index in [4.69, 9.17) is 4.98 Å². The molecule has 6 heteroatoms. The highest BCUT2D eigenvalue weighted by Gasteiger charge is 2.14. The average Bonchev–Trinajstić information content (AvgIpc) is 3.24. The number of carbonyl (C=O) groups is 1. The quantitative estimate of drug-likeness (QED) is 0.377. The lowest BCUT2D eigenvalue weighted by molar-refractivity contribution is 0.0955. The van der Waals surface area contributed by atoms with Gasteiger partial charge >= 0.3 is 0 Å². The molecular formula is C25H20N4OS. The van der Waals surface area contributed by atoms with Crippen LogP contribution in [0, 0.1) is 0 Å². The smallest absolute Gasteiger partial charge is 0.252 e. The van der Waals surface area contributed by atoms with Gasteiger partial charge in [-0.1, -0.05) is 30.3 Å². The normalized spacial score (nSPS) is 11.1. The molecule has 0 radical (unpaired) electrons. The second-order valence-corrected chi connectivity index (χ2v) is 8.36. The van der Waals surface area contributed by atoms with Crippen LogP contribution in [0.1, 0.15) is 21.8 Å². The zero-order valence-corrected chi connectivity index (χ0v) is 17.6. The Hall–Kier alpha value is -3.64. The van der Waals surface area contributed by atoms with Gasteiger partial charge in [0.25, 0.3) is 5.91 Å². The maximum Gasteiger partial charge on any atom is 0.252 e. The fourth-order valence-electron chi connectivity index (χ4n) is 3.59. The first kappa shape index (κ1) is 19.3. The molecule has 5 rings (SSSR count). The van der Waals surface area contributed by atoms with Crippen LogP contribution in [0.3, 0.4) is 0 Å². The van der Waals surface area contributed by atoms with E-state index < -0.39 is 0 Å². The standard InChI is InChI=1S/C25H20N4OS/c30-25(27-14-6-12-24-29-21-10-3-4-11-23(21)31-24)19-15-22(17-7-5-13-26-16-17)28-20-9-2-1-8-18(19)20/h1-5,7-11,13,15-16H,6,12,14H2,(H,27,30). The van der Waals surface area contributed by atoms with Gasteiger partial charge in [-0.05, 0) is 42.8 Å². The fourth-order valence-corrected chi connectivity index (χ4v) is 4.60. The van der Waals surface area contributed by atoms with Crippen molar-refractivity contribution in [2.24, 2.45) is 0 Å². The summed E-state index contributed by atoms with van der Waals surface area (Å²) in [6.07, 6.45) is 5.17. The Morgan fingerprint density at radius 3 is 2.61 bits per heavy atom. The summed E-state index contributed by atoms with van der Waals surface area (Å²) in [4.78, 5) is 26.6. The molecular weight excluding hydrogens is 404 g/mol. The fraction of sp³-hybridized carbons (Fsp3) is 0.120.